The maximum absolute atomic E-state index is 12.8. The second-order valence-electron chi connectivity index (χ2n) is 5.81. The highest BCUT2D eigenvalue weighted by Crippen LogP contribution is 2.26. The summed E-state index contributed by atoms with van der Waals surface area (Å²) in [5, 5.41) is 0. The Bertz CT molecular complexity index is 713. The van der Waals surface area contributed by atoms with Gasteiger partial charge in [0, 0.05) is 24.4 Å². The number of halogens is 1. The van der Waals surface area contributed by atoms with Crippen molar-refractivity contribution < 1.29 is 14.0 Å². The fraction of sp³-hybridized carbons (Fsp3) is 0.412. The standard InChI is InChI=1S/C17H19ClN2O3S/c1-2-19(11-14-5-6-15(18)24-14)17(22)12-8-16(21)20(9-12)10-13-4-3-7-23-13/h3-7,12H,2,8-11H2,1H3. The molecule has 1 saturated heterocycles. The van der Waals surface area contributed by atoms with Crippen LogP contribution in [0.2, 0.25) is 4.34 Å². The molecule has 0 spiro atoms. The van der Waals surface area contributed by atoms with Gasteiger partial charge in [-0.1, -0.05) is 11.6 Å². The van der Waals surface area contributed by atoms with Crippen LogP contribution in [-0.4, -0.2) is 34.7 Å². The van der Waals surface area contributed by atoms with Crippen LogP contribution < -0.4 is 0 Å². The molecule has 7 heteroatoms. The average molecular weight is 367 g/mol. The number of carbonyl (C=O) groups is 2. The van der Waals surface area contributed by atoms with E-state index in [1.165, 1.54) is 11.3 Å². The number of thiophene rings is 1. The number of hydrogen-bond donors (Lipinski definition) is 0. The van der Waals surface area contributed by atoms with Crippen molar-refractivity contribution in [2.24, 2.45) is 5.92 Å². The van der Waals surface area contributed by atoms with Gasteiger partial charge in [0.25, 0.3) is 0 Å². The highest BCUT2D eigenvalue weighted by molar-refractivity contribution is 7.16. The SMILES string of the molecule is CCN(Cc1ccc(Cl)s1)C(=O)C1CC(=O)N(Cc2ccco2)C1. The molecule has 3 rings (SSSR count). The molecule has 0 bridgehead atoms. The second-order valence-corrected chi connectivity index (χ2v) is 7.61. The van der Waals surface area contributed by atoms with Crippen molar-refractivity contribution >= 4 is 34.8 Å². The van der Waals surface area contributed by atoms with Crippen LogP contribution in [0.5, 0.6) is 0 Å². The molecule has 5 nitrogen and oxygen atoms in total. The number of furan rings is 1. The monoisotopic (exact) mass is 366 g/mol. The van der Waals surface area contributed by atoms with E-state index >= 15 is 0 Å². The zero-order chi connectivity index (χ0) is 17.1. The minimum Gasteiger partial charge on any atom is -0.467 e. The summed E-state index contributed by atoms with van der Waals surface area (Å²) >= 11 is 7.43. The molecule has 1 fully saturated rings. The van der Waals surface area contributed by atoms with Crippen LogP contribution in [-0.2, 0) is 22.7 Å². The molecule has 3 heterocycles. The number of amides is 2. The van der Waals surface area contributed by atoms with E-state index in [1.807, 2.05) is 25.1 Å². The van der Waals surface area contributed by atoms with E-state index < -0.39 is 0 Å². The number of rotatable bonds is 6. The van der Waals surface area contributed by atoms with Crippen molar-refractivity contribution in [3.63, 3.8) is 0 Å². The van der Waals surface area contributed by atoms with Gasteiger partial charge in [-0.3, -0.25) is 9.59 Å². The van der Waals surface area contributed by atoms with Crippen LogP contribution >= 0.6 is 22.9 Å². The van der Waals surface area contributed by atoms with Gasteiger partial charge in [0.15, 0.2) is 0 Å². The fourth-order valence-electron chi connectivity index (χ4n) is 2.91. The third kappa shape index (κ3) is 3.82. The van der Waals surface area contributed by atoms with Gasteiger partial charge < -0.3 is 14.2 Å². The Labute approximate surface area is 149 Å². The number of nitrogens with zero attached hydrogens (tertiary/aromatic N) is 2. The van der Waals surface area contributed by atoms with Crippen molar-refractivity contribution in [2.75, 3.05) is 13.1 Å². The van der Waals surface area contributed by atoms with Gasteiger partial charge in [-0.2, -0.15) is 0 Å². The average Bonchev–Trinajstić information content (AvgIpc) is 3.28. The van der Waals surface area contributed by atoms with Crippen molar-refractivity contribution in [1.29, 1.82) is 0 Å². The predicted molar refractivity (Wildman–Crippen MR) is 92.7 cm³/mol. The van der Waals surface area contributed by atoms with Gasteiger partial charge in [-0.15, -0.1) is 11.3 Å². The summed E-state index contributed by atoms with van der Waals surface area (Å²) in [5.74, 6) is 0.470. The third-order valence-corrected chi connectivity index (χ3v) is 5.38. The van der Waals surface area contributed by atoms with Crippen LogP contribution in [0.3, 0.4) is 0 Å². The molecule has 2 aromatic rings. The van der Waals surface area contributed by atoms with Crippen LogP contribution in [0.25, 0.3) is 0 Å². The van der Waals surface area contributed by atoms with Crippen LogP contribution in [0.4, 0.5) is 0 Å². The molecule has 0 N–H and O–H groups in total. The lowest BCUT2D eigenvalue weighted by Crippen LogP contribution is -2.36. The highest BCUT2D eigenvalue weighted by Gasteiger charge is 2.36. The molecule has 1 atom stereocenters. The van der Waals surface area contributed by atoms with E-state index in [9.17, 15) is 9.59 Å². The Kier molecular flexibility index (Phi) is 5.26. The van der Waals surface area contributed by atoms with Crippen molar-refractivity contribution in [2.45, 2.75) is 26.4 Å². The lowest BCUT2D eigenvalue weighted by atomic mass is 10.1. The van der Waals surface area contributed by atoms with E-state index in [2.05, 4.69) is 0 Å². The minimum absolute atomic E-state index is 0.0000267. The first-order valence-corrected chi connectivity index (χ1v) is 9.09. The van der Waals surface area contributed by atoms with Crippen molar-refractivity contribution in [3.05, 3.63) is 45.5 Å². The number of hydrogen-bond acceptors (Lipinski definition) is 4. The molecular formula is C17H19ClN2O3S. The van der Waals surface area contributed by atoms with Gasteiger partial charge in [0.1, 0.15) is 5.76 Å². The van der Waals surface area contributed by atoms with Gasteiger partial charge in [0.2, 0.25) is 11.8 Å². The summed E-state index contributed by atoms with van der Waals surface area (Å²) in [4.78, 5) is 29.5. The first kappa shape index (κ1) is 17.0. The fourth-order valence-corrected chi connectivity index (χ4v) is 4.01. The maximum Gasteiger partial charge on any atom is 0.228 e. The normalized spacial score (nSPS) is 17.5. The summed E-state index contributed by atoms with van der Waals surface area (Å²) < 4.78 is 6.01. The number of carbonyl (C=O) groups excluding carboxylic acids is 2. The van der Waals surface area contributed by atoms with Gasteiger partial charge in [-0.25, -0.2) is 0 Å². The maximum atomic E-state index is 12.8. The van der Waals surface area contributed by atoms with E-state index in [0.717, 1.165) is 10.6 Å². The van der Waals surface area contributed by atoms with Gasteiger partial charge in [0.05, 0.1) is 29.6 Å². The zero-order valence-corrected chi connectivity index (χ0v) is 15.0. The molecule has 128 valence electrons. The van der Waals surface area contributed by atoms with Crippen LogP contribution in [0, 0.1) is 5.92 Å². The smallest absolute Gasteiger partial charge is 0.228 e. The Hall–Kier alpha value is -1.79. The molecule has 0 aromatic carbocycles. The summed E-state index contributed by atoms with van der Waals surface area (Å²) in [6.07, 6.45) is 1.85. The summed E-state index contributed by atoms with van der Waals surface area (Å²) in [6.45, 7) is 3.96. The summed E-state index contributed by atoms with van der Waals surface area (Å²) in [6, 6.07) is 7.40. The van der Waals surface area contributed by atoms with E-state index in [4.69, 9.17) is 16.0 Å². The molecule has 0 radical (unpaired) electrons. The molecule has 0 aliphatic carbocycles. The molecule has 0 saturated carbocycles. The summed E-state index contributed by atoms with van der Waals surface area (Å²) in [5.41, 5.74) is 0. The quantitative estimate of drug-likeness (QED) is 0.787. The molecule has 1 unspecified atom stereocenters. The molecule has 1 aliphatic heterocycles. The molecule has 24 heavy (non-hydrogen) atoms. The van der Waals surface area contributed by atoms with E-state index in [1.54, 1.807) is 22.1 Å². The third-order valence-electron chi connectivity index (χ3n) is 4.16. The minimum atomic E-state index is -0.289. The topological polar surface area (TPSA) is 53.8 Å². The summed E-state index contributed by atoms with van der Waals surface area (Å²) in [7, 11) is 0. The van der Waals surface area contributed by atoms with E-state index in [0.29, 0.717) is 30.5 Å². The Morgan fingerprint density at radius 1 is 1.46 bits per heavy atom. The Balaban J connectivity index is 1.62. The lowest BCUT2D eigenvalue weighted by molar-refractivity contribution is -0.136. The Morgan fingerprint density at radius 2 is 2.29 bits per heavy atom. The Morgan fingerprint density at radius 3 is 2.92 bits per heavy atom. The first-order valence-electron chi connectivity index (χ1n) is 7.90. The largest absolute Gasteiger partial charge is 0.467 e. The molecule has 2 aromatic heterocycles. The predicted octanol–water partition coefficient (Wildman–Crippen LogP) is 3.39. The van der Waals surface area contributed by atoms with E-state index in [-0.39, 0.29) is 24.2 Å². The van der Waals surface area contributed by atoms with Gasteiger partial charge >= 0.3 is 0 Å². The van der Waals surface area contributed by atoms with Crippen LogP contribution in [0.1, 0.15) is 24.0 Å². The molecular weight excluding hydrogens is 348 g/mol. The molecule has 2 amide bonds. The zero-order valence-electron chi connectivity index (χ0n) is 13.4. The first-order chi connectivity index (χ1) is 11.6. The number of likely N-dealkylation sites (tertiary alicyclic amines) is 1. The highest BCUT2D eigenvalue weighted by atomic mass is 35.5. The van der Waals surface area contributed by atoms with Crippen molar-refractivity contribution in [1.82, 2.24) is 9.80 Å². The lowest BCUT2D eigenvalue weighted by Gasteiger charge is -2.23. The van der Waals surface area contributed by atoms with Crippen molar-refractivity contribution in [3.8, 4) is 0 Å². The van der Waals surface area contributed by atoms with Crippen LogP contribution in [0.15, 0.2) is 34.9 Å². The molecule has 1 aliphatic rings. The van der Waals surface area contributed by atoms with Gasteiger partial charge in [-0.05, 0) is 31.2 Å². The second kappa shape index (κ2) is 7.40.